The maximum Gasteiger partial charge on any atom is 0.0947 e. The maximum atomic E-state index is 4.63. The van der Waals surface area contributed by atoms with E-state index in [1.165, 1.54) is 15.6 Å². The molecule has 0 fully saturated rings. The summed E-state index contributed by atoms with van der Waals surface area (Å²) in [5.74, 6) is 0. The third kappa shape index (κ3) is 3.27. The Kier molecular flexibility index (Phi) is 4.69. The molecule has 98 valence electrons. The summed E-state index contributed by atoms with van der Waals surface area (Å²) in [6, 6.07) is 0.405. The lowest BCUT2D eigenvalue weighted by molar-refractivity contribution is 0.141. The third-order valence-corrected chi connectivity index (χ3v) is 4.90. The van der Waals surface area contributed by atoms with Crippen molar-refractivity contribution in [1.82, 2.24) is 15.2 Å². The minimum absolute atomic E-state index is 0.113. The topological polar surface area (TPSA) is 28.2 Å². The second-order valence-corrected chi connectivity index (χ2v) is 6.63. The van der Waals surface area contributed by atoms with Crippen LogP contribution in [0, 0.1) is 13.8 Å². The smallest absolute Gasteiger partial charge is 0.0947 e. The van der Waals surface area contributed by atoms with Gasteiger partial charge in [-0.05, 0) is 48.8 Å². The third-order valence-electron chi connectivity index (χ3n) is 3.81. The highest BCUT2D eigenvalue weighted by molar-refractivity contribution is 7.11. The van der Waals surface area contributed by atoms with E-state index in [9.17, 15) is 0 Å². The van der Waals surface area contributed by atoms with E-state index < -0.39 is 0 Å². The summed E-state index contributed by atoms with van der Waals surface area (Å²) >= 11 is 1.82. The van der Waals surface area contributed by atoms with Crippen molar-refractivity contribution >= 4 is 11.3 Å². The molecule has 0 saturated heterocycles. The lowest BCUT2D eigenvalue weighted by Crippen LogP contribution is -2.55. The van der Waals surface area contributed by atoms with Gasteiger partial charge in [0.1, 0.15) is 0 Å². The normalized spacial score (nSPS) is 14.4. The molecule has 0 saturated carbocycles. The van der Waals surface area contributed by atoms with E-state index in [0.717, 1.165) is 6.42 Å². The molecular weight excluding hydrogens is 230 g/mol. The summed E-state index contributed by atoms with van der Waals surface area (Å²) in [7, 11) is 6.29. The van der Waals surface area contributed by atoms with Gasteiger partial charge in [-0.3, -0.25) is 0 Å². The molecule has 1 atom stereocenters. The van der Waals surface area contributed by atoms with Gasteiger partial charge < -0.3 is 10.2 Å². The lowest BCUT2D eigenvalue weighted by atomic mass is 9.91. The molecule has 1 heterocycles. The Labute approximate surface area is 109 Å². The van der Waals surface area contributed by atoms with Crippen LogP contribution in [0.4, 0.5) is 0 Å². The van der Waals surface area contributed by atoms with Crippen LogP contribution < -0.4 is 5.32 Å². The van der Waals surface area contributed by atoms with E-state index in [4.69, 9.17) is 0 Å². The molecule has 0 radical (unpaired) electrons. The minimum atomic E-state index is 0.113. The van der Waals surface area contributed by atoms with Crippen molar-refractivity contribution in [3.8, 4) is 0 Å². The summed E-state index contributed by atoms with van der Waals surface area (Å²) in [5.41, 5.74) is 1.28. The Morgan fingerprint density at radius 2 is 1.94 bits per heavy atom. The molecule has 0 aliphatic heterocycles. The number of aromatic nitrogens is 1. The van der Waals surface area contributed by atoms with Crippen LogP contribution in [0.15, 0.2) is 0 Å². The highest BCUT2D eigenvalue weighted by Crippen LogP contribution is 2.23. The van der Waals surface area contributed by atoms with Gasteiger partial charge in [0.25, 0.3) is 0 Å². The van der Waals surface area contributed by atoms with Crippen molar-refractivity contribution in [1.29, 1.82) is 0 Å². The molecule has 0 aliphatic carbocycles. The van der Waals surface area contributed by atoms with Crippen LogP contribution in [-0.4, -0.2) is 42.6 Å². The summed E-state index contributed by atoms with van der Waals surface area (Å²) in [4.78, 5) is 8.23. The number of nitrogens with zero attached hydrogens (tertiary/aromatic N) is 2. The fourth-order valence-corrected chi connectivity index (χ4v) is 2.80. The van der Waals surface area contributed by atoms with Crippen LogP contribution in [0.3, 0.4) is 0 Å². The number of nitrogens with one attached hydrogen (secondary N) is 1. The largest absolute Gasteiger partial charge is 0.315 e. The number of thiazole rings is 1. The second kappa shape index (κ2) is 5.46. The van der Waals surface area contributed by atoms with E-state index in [0.29, 0.717) is 6.04 Å². The molecule has 0 spiro atoms. The molecule has 1 aromatic heterocycles. The summed E-state index contributed by atoms with van der Waals surface area (Å²) in [5, 5.41) is 4.66. The summed E-state index contributed by atoms with van der Waals surface area (Å²) in [6.45, 7) is 8.76. The Balaban J connectivity index is 2.83. The number of likely N-dealkylation sites (N-methyl/N-ethyl adjacent to an activating group) is 2. The predicted octanol–water partition coefficient (Wildman–Crippen LogP) is 2.23. The Hall–Kier alpha value is -0.450. The van der Waals surface area contributed by atoms with Crippen molar-refractivity contribution in [3.05, 3.63) is 15.6 Å². The fourth-order valence-electron chi connectivity index (χ4n) is 1.82. The minimum Gasteiger partial charge on any atom is -0.315 e. The number of rotatable bonds is 5. The zero-order chi connectivity index (χ0) is 13.2. The number of aryl methyl sites for hydroxylation is 2. The zero-order valence-corrected chi connectivity index (χ0v) is 12.9. The number of hydrogen-bond acceptors (Lipinski definition) is 4. The first-order valence-electron chi connectivity index (χ1n) is 6.06. The van der Waals surface area contributed by atoms with Crippen molar-refractivity contribution in [2.75, 3.05) is 21.1 Å². The van der Waals surface area contributed by atoms with E-state index >= 15 is 0 Å². The zero-order valence-electron chi connectivity index (χ0n) is 12.1. The molecule has 17 heavy (non-hydrogen) atoms. The second-order valence-electron chi connectivity index (χ2n) is 5.34. The van der Waals surface area contributed by atoms with Crippen LogP contribution >= 0.6 is 11.3 Å². The van der Waals surface area contributed by atoms with Crippen LogP contribution in [0.5, 0.6) is 0 Å². The van der Waals surface area contributed by atoms with Crippen molar-refractivity contribution in [2.24, 2.45) is 0 Å². The van der Waals surface area contributed by atoms with Crippen LogP contribution in [-0.2, 0) is 6.42 Å². The first-order valence-corrected chi connectivity index (χ1v) is 6.88. The number of hydrogen-bond donors (Lipinski definition) is 1. The van der Waals surface area contributed by atoms with E-state index in [-0.39, 0.29) is 5.54 Å². The standard InChI is InChI=1S/C13H25N3S/c1-9-10(2)17-12(15-9)8-11(14-5)13(3,4)16(6)7/h11,14H,8H2,1-7H3. The molecule has 3 nitrogen and oxygen atoms in total. The van der Waals surface area contributed by atoms with Gasteiger partial charge in [-0.15, -0.1) is 11.3 Å². The molecule has 1 aromatic rings. The van der Waals surface area contributed by atoms with Gasteiger partial charge in [0.2, 0.25) is 0 Å². The predicted molar refractivity (Wildman–Crippen MR) is 75.9 cm³/mol. The van der Waals surface area contributed by atoms with Gasteiger partial charge in [-0.25, -0.2) is 4.98 Å². The van der Waals surface area contributed by atoms with Gasteiger partial charge in [0.15, 0.2) is 0 Å². The van der Waals surface area contributed by atoms with Gasteiger partial charge in [0, 0.05) is 22.9 Å². The first kappa shape index (κ1) is 14.6. The van der Waals surface area contributed by atoms with Crippen molar-refractivity contribution in [2.45, 2.75) is 45.7 Å². The highest BCUT2D eigenvalue weighted by Gasteiger charge is 2.31. The highest BCUT2D eigenvalue weighted by atomic mass is 32.1. The molecular formula is C13H25N3S. The Morgan fingerprint density at radius 3 is 2.29 bits per heavy atom. The average Bonchev–Trinajstić information content (AvgIpc) is 2.54. The van der Waals surface area contributed by atoms with E-state index in [2.05, 4.69) is 57.0 Å². The summed E-state index contributed by atoms with van der Waals surface area (Å²) in [6.07, 6.45) is 0.987. The Morgan fingerprint density at radius 1 is 1.35 bits per heavy atom. The molecule has 0 aliphatic rings. The van der Waals surface area contributed by atoms with Crippen LogP contribution in [0.2, 0.25) is 0 Å². The summed E-state index contributed by atoms with van der Waals surface area (Å²) < 4.78 is 0. The fraction of sp³-hybridized carbons (Fsp3) is 0.769. The van der Waals surface area contributed by atoms with Crippen molar-refractivity contribution in [3.63, 3.8) is 0 Å². The molecule has 1 unspecified atom stereocenters. The molecule has 1 rings (SSSR count). The van der Waals surface area contributed by atoms with Gasteiger partial charge in [-0.2, -0.15) is 0 Å². The lowest BCUT2D eigenvalue weighted by Gasteiger charge is -2.39. The monoisotopic (exact) mass is 255 g/mol. The quantitative estimate of drug-likeness (QED) is 0.874. The molecule has 0 bridgehead atoms. The first-order chi connectivity index (χ1) is 7.78. The van der Waals surface area contributed by atoms with E-state index in [1.807, 2.05) is 18.4 Å². The molecule has 0 aromatic carbocycles. The molecule has 1 N–H and O–H groups in total. The van der Waals surface area contributed by atoms with Gasteiger partial charge in [-0.1, -0.05) is 0 Å². The SMILES string of the molecule is CNC(Cc1nc(C)c(C)s1)C(C)(C)N(C)C. The molecule has 4 heteroatoms. The maximum absolute atomic E-state index is 4.63. The average molecular weight is 255 g/mol. The molecule has 0 amide bonds. The van der Waals surface area contributed by atoms with Gasteiger partial charge in [0.05, 0.1) is 10.7 Å². The van der Waals surface area contributed by atoms with E-state index in [1.54, 1.807) is 0 Å². The van der Waals surface area contributed by atoms with Crippen molar-refractivity contribution < 1.29 is 0 Å². The van der Waals surface area contributed by atoms with Crippen LogP contribution in [0.1, 0.15) is 29.4 Å². The Bertz CT molecular complexity index is 349. The van der Waals surface area contributed by atoms with Crippen LogP contribution in [0.25, 0.3) is 0 Å². The van der Waals surface area contributed by atoms with Gasteiger partial charge >= 0.3 is 0 Å².